The molecule has 0 saturated heterocycles. The predicted octanol–water partition coefficient (Wildman–Crippen LogP) is 7.29. The number of nitrogens with zero attached hydrogens (tertiary/aromatic N) is 4. The van der Waals surface area contributed by atoms with E-state index in [9.17, 15) is 0 Å². The van der Waals surface area contributed by atoms with Crippen molar-refractivity contribution in [1.29, 1.82) is 0 Å². The summed E-state index contributed by atoms with van der Waals surface area (Å²) in [7, 11) is 0. The molecule has 7 aromatic rings. The van der Waals surface area contributed by atoms with Gasteiger partial charge in [-0.05, 0) is 62.4 Å². The van der Waals surface area contributed by atoms with E-state index in [1.165, 1.54) is 21.5 Å². The van der Waals surface area contributed by atoms with E-state index in [2.05, 4.69) is 94.1 Å². The molecule has 0 spiro atoms. The number of hydrogen-bond donors (Lipinski definition) is 0. The molecule has 0 saturated carbocycles. The second-order valence-corrected chi connectivity index (χ2v) is 8.87. The maximum absolute atomic E-state index is 4.87. The first kappa shape index (κ1) is 19.1. The Morgan fingerprint density at radius 2 is 0.882 bits per heavy atom. The summed E-state index contributed by atoms with van der Waals surface area (Å²) in [6.07, 6.45) is 0. The van der Waals surface area contributed by atoms with Crippen LogP contribution < -0.4 is 0 Å². The first-order chi connectivity index (χ1) is 16.7. The van der Waals surface area contributed by atoms with Crippen LogP contribution in [0.1, 0.15) is 11.4 Å². The van der Waals surface area contributed by atoms with Crippen LogP contribution in [-0.4, -0.2) is 19.1 Å². The fourth-order valence-corrected chi connectivity index (χ4v) is 5.23. The zero-order valence-corrected chi connectivity index (χ0v) is 19.0. The third kappa shape index (κ3) is 2.66. The third-order valence-corrected chi connectivity index (χ3v) is 6.67. The van der Waals surface area contributed by atoms with Gasteiger partial charge in [-0.2, -0.15) is 0 Å². The molecule has 0 atom stereocenters. The van der Waals surface area contributed by atoms with E-state index in [1.54, 1.807) is 0 Å². The molecule has 7 rings (SSSR count). The van der Waals surface area contributed by atoms with Gasteiger partial charge in [0.15, 0.2) is 0 Å². The number of aromatic nitrogens is 4. The Kier molecular flexibility index (Phi) is 3.94. The standard InChI is InChI=1S/C30H22N4/c1-19-9-7-15-29(31-19)33-25-13-5-3-11-21(25)23-18-28-24(17-27(23)33)22-12-4-6-14-26(22)34(28)30-16-8-10-20(2)32-30/h3-18H,1-2H3. The predicted molar refractivity (Wildman–Crippen MR) is 140 cm³/mol. The van der Waals surface area contributed by atoms with Crippen molar-refractivity contribution < 1.29 is 0 Å². The first-order valence-corrected chi connectivity index (χ1v) is 11.5. The molecule has 0 aliphatic carbocycles. The molecular weight excluding hydrogens is 416 g/mol. The van der Waals surface area contributed by atoms with E-state index in [0.717, 1.165) is 45.1 Å². The molecule has 4 aromatic heterocycles. The largest absolute Gasteiger partial charge is 0.294 e. The Labute approximate surface area is 196 Å². The molecule has 4 heterocycles. The SMILES string of the molecule is Cc1cccc(-n2c3ccccc3c3cc4c(cc32)c2ccccc2n4-c2cccc(C)n2)n1. The highest BCUT2D eigenvalue weighted by atomic mass is 15.1. The molecule has 0 amide bonds. The summed E-state index contributed by atoms with van der Waals surface area (Å²) in [5.74, 6) is 1.88. The molecule has 0 aliphatic rings. The van der Waals surface area contributed by atoms with Gasteiger partial charge in [0.25, 0.3) is 0 Å². The molecule has 0 aliphatic heterocycles. The summed E-state index contributed by atoms with van der Waals surface area (Å²) in [6, 6.07) is 34.2. The van der Waals surface area contributed by atoms with Crippen molar-refractivity contribution in [2.45, 2.75) is 13.8 Å². The van der Waals surface area contributed by atoms with Gasteiger partial charge in [-0.1, -0.05) is 48.5 Å². The minimum atomic E-state index is 0.939. The summed E-state index contributed by atoms with van der Waals surface area (Å²) < 4.78 is 4.57. The molecular formula is C30H22N4. The van der Waals surface area contributed by atoms with Crippen LogP contribution >= 0.6 is 0 Å². The maximum atomic E-state index is 4.87. The fourth-order valence-electron chi connectivity index (χ4n) is 5.23. The van der Waals surface area contributed by atoms with Crippen LogP contribution in [0.5, 0.6) is 0 Å². The molecule has 0 unspecified atom stereocenters. The normalized spacial score (nSPS) is 11.8. The van der Waals surface area contributed by atoms with Crippen molar-refractivity contribution in [3.63, 3.8) is 0 Å². The topological polar surface area (TPSA) is 35.6 Å². The summed E-state index contributed by atoms with van der Waals surface area (Å²) in [4.78, 5) is 9.74. The van der Waals surface area contributed by atoms with E-state index >= 15 is 0 Å². The van der Waals surface area contributed by atoms with Crippen LogP contribution in [0.3, 0.4) is 0 Å². The van der Waals surface area contributed by atoms with E-state index in [4.69, 9.17) is 9.97 Å². The van der Waals surface area contributed by atoms with E-state index < -0.39 is 0 Å². The Hall–Kier alpha value is -4.44. The van der Waals surface area contributed by atoms with Crippen LogP contribution in [0.4, 0.5) is 0 Å². The van der Waals surface area contributed by atoms with Crippen LogP contribution in [0.15, 0.2) is 97.1 Å². The highest BCUT2D eigenvalue weighted by molar-refractivity contribution is 6.18. The fraction of sp³-hybridized carbons (Fsp3) is 0.0667. The minimum absolute atomic E-state index is 0.939. The number of benzene rings is 3. The highest BCUT2D eigenvalue weighted by Crippen LogP contribution is 2.38. The molecule has 0 radical (unpaired) electrons. The lowest BCUT2D eigenvalue weighted by molar-refractivity contribution is 1.04. The van der Waals surface area contributed by atoms with Crippen molar-refractivity contribution >= 4 is 43.6 Å². The van der Waals surface area contributed by atoms with Crippen LogP contribution in [0, 0.1) is 13.8 Å². The molecule has 162 valence electrons. The minimum Gasteiger partial charge on any atom is -0.294 e. The zero-order valence-electron chi connectivity index (χ0n) is 19.0. The average Bonchev–Trinajstić information content (AvgIpc) is 3.35. The summed E-state index contributed by atoms with van der Waals surface area (Å²) >= 11 is 0. The van der Waals surface area contributed by atoms with Gasteiger partial charge in [0, 0.05) is 32.9 Å². The molecule has 0 N–H and O–H groups in total. The lowest BCUT2D eigenvalue weighted by atomic mass is 10.1. The quantitative estimate of drug-likeness (QED) is 0.284. The maximum Gasteiger partial charge on any atom is 0.137 e. The van der Waals surface area contributed by atoms with Crippen LogP contribution in [0.25, 0.3) is 55.2 Å². The van der Waals surface area contributed by atoms with E-state index in [-0.39, 0.29) is 0 Å². The highest BCUT2D eigenvalue weighted by Gasteiger charge is 2.18. The third-order valence-electron chi connectivity index (χ3n) is 6.67. The molecule has 34 heavy (non-hydrogen) atoms. The smallest absolute Gasteiger partial charge is 0.137 e. The van der Waals surface area contributed by atoms with Crippen molar-refractivity contribution in [2.75, 3.05) is 0 Å². The van der Waals surface area contributed by atoms with Gasteiger partial charge in [0.1, 0.15) is 11.6 Å². The second kappa shape index (κ2) is 7.03. The number of fused-ring (bicyclic) bond motifs is 6. The molecule has 4 heteroatoms. The lowest BCUT2D eigenvalue weighted by Crippen LogP contribution is -1.99. The Morgan fingerprint density at radius 1 is 0.441 bits per heavy atom. The average molecular weight is 439 g/mol. The lowest BCUT2D eigenvalue weighted by Gasteiger charge is -2.09. The molecule has 0 bridgehead atoms. The number of pyridine rings is 2. The number of hydrogen-bond acceptors (Lipinski definition) is 2. The summed E-state index contributed by atoms with van der Waals surface area (Å²) in [5.41, 5.74) is 6.65. The van der Waals surface area contributed by atoms with Gasteiger partial charge in [-0.25, -0.2) is 9.97 Å². The monoisotopic (exact) mass is 438 g/mol. The molecule has 4 nitrogen and oxygen atoms in total. The van der Waals surface area contributed by atoms with Gasteiger partial charge in [0.2, 0.25) is 0 Å². The molecule has 3 aromatic carbocycles. The van der Waals surface area contributed by atoms with Gasteiger partial charge in [-0.3, -0.25) is 9.13 Å². The summed E-state index contributed by atoms with van der Waals surface area (Å²) in [5, 5.41) is 4.86. The Morgan fingerprint density at radius 3 is 1.32 bits per heavy atom. The van der Waals surface area contributed by atoms with Gasteiger partial charge >= 0.3 is 0 Å². The van der Waals surface area contributed by atoms with Crippen molar-refractivity contribution in [1.82, 2.24) is 19.1 Å². The Bertz CT molecular complexity index is 1750. The van der Waals surface area contributed by atoms with Gasteiger partial charge < -0.3 is 0 Å². The van der Waals surface area contributed by atoms with Crippen molar-refractivity contribution in [3.8, 4) is 11.6 Å². The summed E-state index contributed by atoms with van der Waals surface area (Å²) in [6.45, 7) is 4.08. The van der Waals surface area contributed by atoms with Crippen molar-refractivity contribution in [2.24, 2.45) is 0 Å². The first-order valence-electron chi connectivity index (χ1n) is 11.5. The van der Waals surface area contributed by atoms with E-state index in [1.807, 2.05) is 26.0 Å². The second-order valence-electron chi connectivity index (χ2n) is 8.87. The number of aryl methyl sites for hydroxylation is 2. The van der Waals surface area contributed by atoms with Gasteiger partial charge in [-0.15, -0.1) is 0 Å². The van der Waals surface area contributed by atoms with Gasteiger partial charge in [0.05, 0.1) is 22.1 Å². The zero-order chi connectivity index (χ0) is 22.8. The number of rotatable bonds is 2. The Balaban J connectivity index is 1.68. The van der Waals surface area contributed by atoms with E-state index in [0.29, 0.717) is 0 Å². The molecule has 0 fully saturated rings. The number of para-hydroxylation sites is 2. The van der Waals surface area contributed by atoms with Crippen molar-refractivity contribution in [3.05, 3.63) is 108 Å². The van der Waals surface area contributed by atoms with Crippen LogP contribution in [-0.2, 0) is 0 Å². The van der Waals surface area contributed by atoms with Crippen LogP contribution in [0.2, 0.25) is 0 Å².